The zero-order chi connectivity index (χ0) is 8.18. The third kappa shape index (κ3) is 0.754. The van der Waals surface area contributed by atoms with Crippen LogP contribution in [0.15, 0.2) is 0 Å². The maximum absolute atomic E-state index is 11.2. The van der Waals surface area contributed by atoms with Crippen LogP contribution in [-0.2, 0) is 18.6 Å². The van der Waals surface area contributed by atoms with E-state index in [0.29, 0.717) is 6.61 Å². The highest BCUT2D eigenvalue weighted by molar-refractivity contribution is 7.26. The minimum atomic E-state index is -0.236. The first-order chi connectivity index (χ1) is 5.80. The van der Waals surface area contributed by atoms with E-state index in [1.165, 1.54) is 0 Å². The van der Waals surface area contributed by atoms with Crippen LogP contribution in [0.2, 0.25) is 0 Å². The van der Waals surface area contributed by atoms with Crippen molar-refractivity contribution in [3.05, 3.63) is 0 Å². The van der Waals surface area contributed by atoms with Crippen molar-refractivity contribution in [2.24, 2.45) is 5.41 Å². The van der Waals surface area contributed by atoms with Crippen LogP contribution in [0.1, 0.15) is 12.8 Å². The maximum Gasteiger partial charge on any atom is 0.315 e. The van der Waals surface area contributed by atoms with Gasteiger partial charge in [-0.1, -0.05) is 0 Å². The van der Waals surface area contributed by atoms with Crippen LogP contribution >= 0.6 is 9.03 Å². The van der Waals surface area contributed by atoms with Gasteiger partial charge < -0.3 is 13.8 Å². The highest BCUT2D eigenvalue weighted by atomic mass is 31.1. The Hall–Kier alpha value is -0.180. The van der Waals surface area contributed by atoms with E-state index in [4.69, 9.17) is 13.8 Å². The summed E-state index contributed by atoms with van der Waals surface area (Å²) in [5.74, 6) is -0.0626. The van der Waals surface area contributed by atoms with Crippen LogP contribution in [0.3, 0.4) is 0 Å². The zero-order valence-electron chi connectivity index (χ0n) is 6.41. The Bertz CT molecular complexity index is 230. The largest absolute Gasteiger partial charge is 0.464 e. The van der Waals surface area contributed by atoms with E-state index in [1.807, 2.05) is 0 Å². The lowest BCUT2D eigenvalue weighted by Crippen LogP contribution is -2.46. The molecule has 2 heterocycles. The van der Waals surface area contributed by atoms with E-state index in [9.17, 15) is 4.79 Å². The molecule has 0 aromatic carbocycles. The molecule has 2 atom stereocenters. The molecule has 66 valence electrons. The molecule has 0 radical (unpaired) electrons. The summed E-state index contributed by atoms with van der Waals surface area (Å²) >= 11 is 0. The summed E-state index contributed by atoms with van der Waals surface area (Å²) in [5, 5.41) is 0. The van der Waals surface area contributed by atoms with E-state index < -0.39 is 0 Å². The molecule has 2 aliphatic heterocycles. The van der Waals surface area contributed by atoms with Gasteiger partial charge in [0.1, 0.15) is 12.0 Å². The van der Waals surface area contributed by atoms with Gasteiger partial charge in [-0.15, -0.1) is 0 Å². The molecule has 4 nitrogen and oxygen atoms in total. The van der Waals surface area contributed by atoms with E-state index in [2.05, 4.69) is 0 Å². The van der Waals surface area contributed by atoms with Crippen LogP contribution in [0.4, 0.5) is 0 Å². The van der Waals surface area contributed by atoms with Crippen LogP contribution < -0.4 is 0 Å². The van der Waals surface area contributed by atoms with Crippen molar-refractivity contribution in [2.45, 2.75) is 25.0 Å². The Morgan fingerprint density at radius 2 is 2.00 bits per heavy atom. The highest BCUT2D eigenvalue weighted by Gasteiger charge is 2.59. The Balaban J connectivity index is 1.82. The molecule has 1 aliphatic carbocycles. The number of carbonyl (C=O) groups is 1. The van der Waals surface area contributed by atoms with Gasteiger partial charge in [-0.3, -0.25) is 4.79 Å². The first-order valence-electron chi connectivity index (χ1n) is 4.04. The van der Waals surface area contributed by atoms with E-state index in [1.54, 1.807) is 0 Å². The number of rotatable bonds is 0. The van der Waals surface area contributed by atoms with Crippen molar-refractivity contribution in [3.63, 3.8) is 0 Å². The Labute approximate surface area is 71.5 Å². The maximum atomic E-state index is 11.2. The second-order valence-electron chi connectivity index (χ2n) is 3.66. The lowest BCUT2D eigenvalue weighted by molar-refractivity contribution is -0.186. The standard InChI is InChI=1S/C7H9O4P/c8-6-7(3-9-6)1-4-5(2-7)11-12-10-4/h4-5,12H,1-3H2. The molecule has 12 heavy (non-hydrogen) atoms. The molecule has 1 saturated carbocycles. The second kappa shape index (κ2) is 2.19. The molecule has 0 N–H and O–H groups in total. The molecule has 0 aromatic heterocycles. The summed E-state index contributed by atoms with van der Waals surface area (Å²) in [6, 6.07) is 0. The normalized spacial score (nSPS) is 52.5. The fourth-order valence-corrected chi connectivity index (χ4v) is 2.90. The lowest BCUT2D eigenvalue weighted by Gasteiger charge is -2.35. The monoisotopic (exact) mass is 188 g/mol. The summed E-state index contributed by atoms with van der Waals surface area (Å²) in [7, 11) is 0.169. The number of fused-ring (bicyclic) bond motifs is 1. The van der Waals surface area contributed by atoms with Gasteiger partial charge in [0.2, 0.25) is 0 Å². The van der Waals surface area contributed by atoms with Crippen molar-refractivity contribution in [1.29, 1.82) is 0 Å². The molecule has 0 bridgehead atoms. The van der Waals surface area contributed by atoms with Gasteiger partial charge in [0.05, 0.1) is 12.2 Å². The number of ether oxygens (including phenoxy) is 1. The quantitative estimate of drug-likeness (QED) is 0.413. The third-order valence-corrected chi connectivity index (χ3v) is 3.71. The number of cyclic esters (lactones) is 1. The van der Waals surface area contributed by atoms with Gasteiger partial charge in [0.25, 0.3) is 0 Å². The summed E-state index contributed by atoms with van der Waals surface area (Å²) in [4.78, 5) is 11.2. The van der Waals surface area contributed by atoms with Crippen molar-refractivity contribution in [2.75, 3.05) is 6.61 Å². The Morgan fingerprint density at radius 1 is 1.33 bits per heavy atom. The predicted molar refractivity (Wildman–Crippen MR) is 40.7 cm³/mol. The summed E-state index contributed by atoms with van der Waals surface area (Å²) < 4.78 is 15.5. The second-order valence-corrected chi connectivity index (χ2v) is 4.30. The molecule has 3 rings (SSSR count). The number of esters is 1. The Morgan fingerprint density at radius 3 is 2.42 bits per heavy atom. The van der Waals surface area contributed by atoms with E-state index in [0.717, 1.165) is 12.8 Å². The van der Waals surface area contributed by atoms with Gasteiger partial charge >= 0.3 is 5.97 Å². The molecular formula is C7H9O4P. The van der Waals surface area contributed by atoms with E-state index in [-0.39, 0.29) is 32.6 Å². The topological polar surface area (TPSA) is 44.8 Å². The molecule has 2 saturated heterocycles. The van der Waals surface area contributed by atoms with Crippen molar-refractivity contribution in [3.8, 4) is 0 Å². The predicted octanol–water partition coefficient (Wildman–Crippen LogP) is 0.616. The third-order valence-electron chi connectivity index (χ3n) is 2.91. The van der Waals surface area contributed by atoms with E-state index >= 15 is 0 Å². The molecule has 2 unspecified atom stereocenters. The number of carbonyl (C=O) groups excluding carboxylic acids is 1. The fourth-order valence-electron chi connectivity index (χ4n) is 2.12. The molecule has 3 fully saturated rings. The van der Waals surface area contributed by atoms with Crippen molar-refractivity contribution in [1.82, 2.24) is 0 Å². The van der Waals surface area contributed by atoms with Crippen molar-refractivity contribution >= 4 is 15.0 Å². The zero-order valence-corrected chi connectivity index (χ0v) is 7.41. The Kier molecular flexibility index (Phi) is 1.32. The average Bonchev–Trinajstić information content (AvgIpc) is 2.58. The molecule has 3 aliphatic rings. The SMILES string of the molecule is O=C1OCC12CC1OPOC1C2. The molecule has 5 heteroatoms. The van der Waals surface area contributed by atoms with Crippen LogP contribution in [-0.4, -0.2) is 24.8 Å². The summed E-state index contributed by atoms with van der Waals surface area (Å²) in [5.41, 5.74) is -0.236. The van der Waals surface area contributed by atoms with Crippen LogP contribution in [0.5, 0.6) is 0 Å². The van der Waals surface area contributed by atoms with Gasteiger partial charge in [-0.2, -0.15) is 0 Å². The molecule has 0 amide bonds. The lowest BCUT2D eigenvalue weighted by atomic mass is 9.83. The fraction of sp³-hybridized carbons (Fsp3) is 0.857. The average molecular weight is 188 g/mol. The van der Waals surface area contributed by atoms with Crippen molar-refractivity contribution < 1.29 is 18.6 Å². The van der Waals surface area contributed by atoms with Crippen LogP contribution in [0.25, 0.3) is 0 Å². The van der Waals surface area contributed by atoms with Crippen LogP contribution in [0, 0.1) is 5.41 Å². The van der Waals surface area contributed by atoms with Gasteiger partial charge in [0.15, 0.2) is 9.03 Å². The minimum Gasteiger partial charge on any atom is -0.464 e. The van der Waals surface area contributed by atoms with Gasteiger partial charge in [-0.25, -0.2) is 0 Å². The number of hydrogen-bond acceptors (Lipinski definition) is 4. The first-order valence-corrected chi connectivity index (χ1v) is 4.85. The highest BCUT2D eigenvalue weighted by Crippen LogP contribution is 2.52. The summed E-state index contributed by atoms with van der Waals surface area (Å²) in [6.45, 7) is 0.564. The molecule has 0 aromatic rings. The van der Waals surface area contributed by atoms with Gasteiger partial charge in [0, 0.05) is 0 Å². The minimum absolute atomic E-state index is 0.0626. The first kappa shape index (κ1) is 7.25. The molecule has 1 spiro atoms. The van der Waals surface area contributed by atoms with Gasteiger partial charge in [-0.05, 0) is 12.8 Å². The molecular weight excluding hydrogens is 179 g/mol. The smallest absolute Gasteiger partial charge is 0.315 e. The number of hydrogen-bond donors (Lipinski definition) is 0. The summed E-state index contributed by atoms with van der Waals surface area (Å²) in [6.07, 6.45) is 1.89.